The number of rotatable bonds is 3. The average Bonchev–Trinajstić information content (AvgIpc) is 2.80. The van der Waals surface area contributed by atoms with Crippen molar-refractivity contribution >= 4 is 10.9 Å². The van der Waals surface area contributed by atoms with Crippen LogP contribution in [0.4, 0.5) is 0 Å². The molecule has 3 aromatic rings. The second kappa shape index (κ2) is 4.63. The summed E-state index contributed by atoms with van der Waals surface area (Å²) >= 11 is 0. The highest BCUT2D eigenvalue weighted by atomic mass is 16.3. The van der Waals surface area contributed by atoms with Crippen LogP contribution in [0.2, 0.25) is 0 Å². The summed E-state index contributed by atoms with van der Waals surface area (Å²) in [5, 5.41) is 10.4. The number of hydrogen-bond acceptors (Lipinski definition) is 2. The molecule has 0 saturated carbocycles. The molecular weight excluding hydrogens is 224 g/mol. The van der Waals surface area contributed by atoms with Crippen LogP contribution >= 0.6 is 0 Å². The maximum Gasteiger partial charge on any atom is 0.0610 e. The molecule has 0 bridgehead atoms. The van der Waals surface area contributed by atoms with E-state index in [1.165, 1.54) is 5.39 Å². The van der Waals surface area contributed by atoms with Gasteiger partial charge in [-0.1, -0.05) is 18.2 Å². The molecule has 2 aromatic heterocycles. The third kappa shape index (κ3) is 1.79. The van der Waals surface area contributed by atoms with Gasteiger partial charge in [0.1, 0.15) is 0 Å². The monoisotopic (exact) mass is 238 g/mol. The molecule has 0 amide bonds. The molecule has 0 aliphatic heterocycles. The van der Waals surface area contributed by atoms with E-state index >= 15 is 0 Å². The number of benzene rings is 1. The van der Waals surface area contributed by atoms with Crippen LogP contribution in [0.1, 0.15) is 0 Å². The number of aliphatic hydroxyl groups is 1. The smallest absolute Gasteiger partial charge is 0.0610 e. The molecule has 0 unspecified atom stereocenters. The Labute approximate surface area is 105 Å². The fraction of sp³-hybridized carbons (Fsp3) is 0.133. The molecule has 0 saturated heterocycles. The average molecular weight is 238 g/mol. The Morgan fingerprint density at radius 2 is 2.00 bits per heavy atom. The molecule has 0 aliphatic carbocycles. The van der Waals surface area contributed by atoms with Gasteiger partial charge in [-0.2, -0.15) is 0 Å². The Morgan fingerprint density at radius 3 is 2.78 bits per heavy atom. The van der Waals surface area contributed by atoms with Crippen LogP contribution in [-0.4, -0.2) is 21.3 Å². The lowest BCUT2D eigenvalue weighted by Crippen LogP contribution is -2.03. The van der Waals surface area contributed by atoms with Gasteiger partial charge in [0.15, 0.2) is 0 Å². The minimum Gasteiger partial charge on any atom is -0.395 e. The highest BCUT2D eigenvalue weighted by Crippen LogP contribution is 2.27. The van der Waals surface area contributed by atoms with Crippen LogP contribution in [0, 0.1) is 0 Å². The highest BCUT2D eigenvalue weighted by Gasteiger charge is 2.09. The topological polar surface area (TPSA) is 38.0 Å². The zero-order valence-electron chi connectivity index (χ0n) is 9.95. The summed E-state index contributed by atoms with van der Waals surface area (Å²) in [6.07, 6.45) is 3.62. The summed E-state index contributed by atoms with van der Waals surface area (Å²) < 4.78 is 2.13. The number of pyridine rings is 1. The molecule has 3 rings (SSSR count). The van der Waals surface area contributed by atoms with E-state index in [0.717, 1.165) is 16.8 Å². The SMILES string of the molecule is OCCn1c(-c2cccnc2)cc2ccccc21. The van der Waals surface area contributed by atoms with E-state index in [4.69, 9.17) is 0 Å². The first-order chi connectivity index (χ1) is 8.90. The molecule has 0 fully saturated rings. The number of aliphatic hydroxyl groups excluding tert-OH is 1. The number of para-hydroxylation sites is 1. The Bertz CT molecular complexity index is 659. The van der Waals surface area contributed by atoms with Gasteiger partial charge in [0.05, 0.1) is 12.3 Å². The lowest BCUT2D eigenvalue weighted by atomic mass is 10.2. The Morgan fingerprint density at radius 1 is 1.11 bits per heavy atom. The highest BCUT2D eigenvalue weighted by molar-refractivity contribution is 5.86. The quantitative estimate of drug-likeness (QED) is 0.761. The summed E-state index contributed by atoms with van der Waals surface area (Å²) in [7, 11) is 0. The minimum atomic E-state index is 0.131. The van der Waals surface area contributed by atoms with Gasteiger partial charge in [-0.15, -0.1) is 0 Å². The number of fused-ring (bicyclic) bond motifs is 1. The molecule has 0 spiro atoms. The van der Waals surface area contributed by atoms with Crippen LogP contribution in [-0.2, 0) is 6.54 Å². The maximum atomic E-state index is 9.23. The molecule has 1 aromatic carbocycles. The van der Waals surface area contributed by atoms with Crippen molar-refractivity contribution in [2.24, 2.45) is 0 Å². The summed E-state index contributed by atoms with van der Waals surface area (Å²) in [4.78, 5) is 4.16. The second-order valence-corrected chi connectivity index (χ2v) is 4.21. The molecule has 90 valence electrons. The van der Waals surface area contributed by atoms with Crippen LogP contribution in [0.3, 0.4) is 0 Å². The molecule has 18 heavy (non-hydrogen) atoms. The first kappa shape index (κ1) is 11.0. The summed E-state index contributed by atoms with van der Waals surface area (Å²) in [5.74, 6) is 0. The lowest BCUT2D eigenvalue weighted by molar-refractivity contribution is 0.278. The van der Waals surface area contributed by atoms with Crippen LogP contribution in [0.15, 0.2) is 54.9 Å². The van der Waals surface area contributed by atoms with E-state index in [2.05, 4.69) is 27.8 Å². The molecular formula is C15H14N2O. The number of aromatic nitrogens is 2. The van der Waals surface area contributed by atoms with Crippen molar-refractivity contribution in [1.82, 2.24) is 9.55 Å². The van der Waals surface area contributed by atoms with Crippen LogP contribution < -0.4 is 0 Å². The normalized spacial score (nSPS) is 10.9. The summed E-state index contributed by atoms with van der Waals surface area (Å²) in [5.41, 5.74) is 3.31. The zero-order chi connectivity index (χ0) is 12.4. The van der Waals surface area contributed by atoms with Gasteiger partial charge in [0.2, 0.25) is 0 Å². The number of nitrogens with zero attached hydrogens (tertiary/aromatic N) is 2. The van der Waals surface area contributed by atoms with Crippen molar-refractivity contribution < 1.29 is 5.11 Å². The van der Waals surface area contributed by atoms with Gasteiger partial charge < -0.3 is 9.67 Å². The van der Waals surface area contributed by atoms with E-state index in [1.54, 1.807) is 6.20 Å². The van der Waals surface area contributed by atoms with Gasteiger partial charge in [-0.3, -0.25) is 4.98 Å². The van der Waals surface area contributed by atoms with Crippen molar-refractivity contribution in [1.29, 1.82) is 0 Å². The molecule has 0 radical (unpaired) electrons. The van der Waals surface area contributed by atoms with Crippen LogP contribution in [0.25, 0.3) is 22.2 Å². The zero-order valence-corrected chi connectivity index (χ0v) is 9.95. The van der Waals surface area contributed by atoms with Crippen molar-refractivity contribution in [3.05, 3.63) is 54.9 Å². The van der Waals surface area contributed by atoms with E-state index < -0.39 is 0 Å². The van der Waals surface area contributed by atoms with Gasteiger partial charge in [0, 0.05) is 35.4 Å². The lowest BCUT2D eigenvalue weighted by Gasteiger charge is -2.08. The Kier molecular flexibility index (Phi) is 2.82. The van der Waals surface area contributed by atoms with Gasteiger partial charge in [0.25, 0.3) is 0 Å². The van der Waals surface area contributed by atoms with E-state index in [9.17, 15) is 5.11 Å². The fourth-order valence-corrected chi connectivity index (χ4v) is 2.30. The van der Waals surface area contributed by atoms with Gasteiger partial charge >= 0.3 is 0 Å². The molecule has 3 nitrogen and oxygen atoms in total. The predicted molar refractivity (Wildman–Crippen MR) is 72.3 cm³/mol. The first-order valence-corrected chi connectivity index (χ1v) is 5.99. The van der Waals surface area contributed by atoms with Crippen molar-refractivity contribution in [3.63, 3.8) is 0 Å². The third-order valence-electron chi connectivity index (χ3n) is 3.09. The molecule has 2 heterocycles. The fourth-order valence-electron chi connectivity index (χ4n) is 2.30. The third-order valence-corrected chi connectivity index (χ3v) is 3.09. The Hall–Kier alpha value is -2.13. The van der Waals surface area contributed by atoms with Crippen molar-refractivity contribution in [2.75, 3.05) is 6.61 Å². The minimum absolute atomic E-state index is 0.131. The molecule has 3 heteroatoms. The summed E-state index contributed by atoms with van der Waals surface area (Å²) in [6.45, 7) is 0.726. The molecule has 0 atom stereocenters. The predicted octanol–water partition coefficient (Wildman–Crippen LogP) is 2.70. The standard InChI is InChI=1S/C15H14N2O/c18-9-8-17-14-6-2-1-4-12(14)10-15(17)13-5-3-7-16-11-13/h1-7,10-11,18H,8-9H2. The maximum absolute atomic E-state index is 9.23. The van der Waals surface area contributed by atoms with Crippen molar-refractivity contribution in [3.8, 4) is 11.3 Å². The van der Waals surface area contributed by atoms with E-state index in [-0.39, 0.29) is 6.61 Å². The van der Waals surface area contributed by atoms with Crippen molar-refractivity contribution in [2.45, 2.75) is 6.54 Å². The van der Waals surface area contributed by atoms with Crippen LogP contribution in [0.5, 0.6) is 0 Å². The summed E-state index contributed by atoms with van der Waals surface area (Å²) in [6, 6.07) is 14.3. The van der Waals surface area contributed by atoms with E-state index in [1.807, 2.05) is 30.5 Å². The Balaban J connectivity index is 2.25. The van der Waals surface area contributed by atoms with Gasteiger partial charge in [-0.25, -0.2) is 0 Å². The largest absolute Gasteiger partial charge is 0.395 e. The molecule has 0 aliphatic rings. The van der Waals surface area contributed by atoms with E-state index in [0.29, 0.717) is 6.54 Å². The first-order valence-electron chi connectivity index (χ1n) is 5.99. The number of hydrogen-bond donors (Lipinski definition) is 1. The van der Waals surface area contributed by atoms with Gasteiger partial charge in [-0.05, 0) is 24.3 Å². The molecule has 1 N–H and O–H groups in total. The second-order valence-electron chi connectivity index (χ2n) is 4.21.